The van der Waals surface area contributed by atoms with Crippen LogP contribution in [0.25, 0.3) is 11.3 Å². The highest BCUT2D eigenvalue weighted by Gasteiger charge is 2.39. The summed E-state index contributed by atoms with van der Waals surface area (Å²) in [5, 5.41) is 2.98. The van der Waals surface area contributed by atoms with Crippen molar-refractivity contribution in [2.24, 2.45) is 5.73 Å². The molecule has 0 aliphatic rings. The van der Waals surface area contributed by atoms with Gasteiger partial charge < -0.3 is 10.3 Å². The van der Waals surface area contributed by atoms with Gasteiger partial charge in [0.05, 0.1) is 0 Å². The fourth-order valence-electron chi connectivity index (χ4n) is 1.55. The van der Waals surface area contributed by atoms with E-state index < -0.39 is 17.7 Å². The second-order valence-electron chi connectivity index (χ2n) is 3.55. The maximum Gasteiger partial charge on any atom is 0.437 e. The van der Waals surface area contributed by atoms with E-state index in [1.807, 2.05) is 0 Å². The van der Waals surface area contributed by atoms with Gasteiger partial charge in [-0.05, 0) is 24.3 Å². The van der Waals surface area contributed by atoms with E-state index in [-0.39, 0.29) is 17.9 Å². The van der Waals surface area contributed by atoms with Crippen LogP contribution >= 0.6 is 0 Å². The number of alkyl halides is 3. The van der Waals surface area contributed by atoms with E-state index in [4.69, 9.17) is 5.73 Å². The molecule has 1 heterocycles. The number of benzene rings is 1. The van der Waals surface area contributed by atoms with Crippen molar-refractivity contribution in [1.29, 1.82) is 0 Å². The lowest BCUT2D eigenvalue weighted by Crippen LogP contribution is -2.11. The van der Waals surface area contributed by atoms with Gasteiger partial charge in [0.15, 0.2) is 11.5 Å². The van der Waals surface area contributed by atoms with Gasteiger partial charge in [-0.15, -0.1) is 0 Å². The monoisotopic (exact) mass is 260 g/mol. The van der Waals surface area contributed by atoms with Crippen LogP contribution in [-0.4, -0.2) is 5.16 Å². The van der Waals surface area contributed by atoms with E-state index in [0.29, 0.717) is 5.56 Å². The lowest BCUT2D eigenvalue weighted by atomic mass is 10.1. The molecule has 2 aromatic rings. The molecule has 18 heavy (non-hydrogen) atoms. The van der Waals surface area contributed by atoms with E-state index in [2.05, 4.69) is 9.68 Å². The number of rotatable bonds is 2. The van der Waals surface area contributed by atoms with Crippen molar-refractivity contribution in [2.45, 2.75) is 12.7 Å². The quantitative estimate of drug-likeness (QED) is 0.844. The van der Waals surface area contributed by atoms with Crippen molar-refractivity contribution < 1.29 is 22.1 Å². The van der Waals surface area contributed by atoms with E-state index >= 15 is 0 Å². The Morgan fingerprint density at radius 2 is 1.78 bits per heavy atom. The molecule has 0 aliphatic carbocycles. The molecule has 0 atom stereocenters. The van der Waals surface area contributed by atoms with Crippen LogP contribution in [-0.2, 0) is 12.7 Å². The largest absolute Gasteiger partial charge is 0.437 e. The smallest absolute Gasteiger partial charge is 0.355 e. The van der Waals surface area contributed by atoms with E-state index in [9.17, 15) is 17.6 Å². The third-order valence-electron chi connectivity index (χ3n) is 2.37. The van der Waals surface area contributed by atoms with Crippen molar-refractivity contribution >= 4 is 0 Å². The molecule has 0 amide bonds. The summed E-state index contributed by atoms with van der Waals surface area (Å²) in [6.45, 7) is -0.370. The molecule has 0 unspecified atom stereocenters. The minimum absolute atomic E-state index is 0.0928. The van der Waals surface area contributed by atoms with Crippen molar-refractivity contribution in [3.8, 4) is 11.3 Å². The second-order valence-corrected chi connectivity index (χ2v) is 3.55. The first kappa shape index (κ1) is 12.6. The minimum Gasteiger partial charge on any atom is -0.355 e. The Hall–Kier alpha value is -1.89. The Morgan fingerprint density at radius 1 is 1.17 bits per heavy atom. The molecule has 0 fully saturated rings. The molecule has 0 saturated carbocycles. The number of nitrogens with two attached hydrogens (primary N) is 1. The van der Waals surface area contributed by atoms with Crippen molar-refractivity contribution in [2.75, 3.05) is 0 Å². The van der Waals surface area contributed by atoms with Crippen LogP contribution in [0.3, 0.4) is 0 Å². The third-order valence-corrected chi connectivity index (χ3v) is 2.37. The molecule has 0 aliphatic heterocycles. The summed E-state index contributed by atoms with van der Waals surface area (Å²) in [5.74, 6) is -0.589. The maximum atomic E-state index is 12.7. The lowest BCUT2D eigenvalue weighted by molar-refractivity contribution is -0.143. The van der Waals surface area contributed by atoms with Crippen LogP contribution < -0.4 is 5.73 Å². The van der Waals surface area contributed by atoms with Crippen LogP contribution in [0.1, 0.15) is 11.3 Å². The average molecular weight is 260 g/mol. The van der Waals surface area contributed by atoms with Crippen LogP contribution in [0.15, 0.2) is 28.8 Å². The molecular formula is C11H8F4N2O. The van der Waals surface area contributed by atoms with Gasteiger partial charge >= 0.3 is 6.18 Å². The molecule has 1 aromatic heterocycles. The Balaban J connectivity index is 2.52. The number of halogens is 4. The molecule has 0 bridgehead atoms. The zero-order valence-corrected chi connectivity index (χ0v) is 8.96. The topological polar surface area (TPSA) is 52.0 Å². The first-order valence-electron chi connectivity index (χ1n) is 4.95. The summed E-state index contributed by atoms with van der Waals surface area (Å²) in [4.78, 5) is 0. The van der Waals surface area contributed by atoms with E-state index in [1.54, 1.807) is 0 Å². The molecule has 0 saturated heterocycles. The molecule has 0 spiro atoms. The standard InChI is InChI=1S/C11H8F4N2O/c12-7-3-1-6(2-4-7)9-8(5-16)10(17-18-9)11(13,14)15/h1-4H,5,16H2. The van der Waals surface area contributed by atoms with Gasteiger partial charge in [-0.1, -0.05) is 5.16 Å². The average Bonchev–Trinajstić information content (AvgIpc) is 2.73. The molecule has 3 nitrogen and oxygen atoms in total. The maximum absolute atomic E-state index is 12.7. The van der Waals surface area contributed by atoms with Gasteiger partial charge in [0.1, 0.15) is 5.82 Å². The fourth-order valence-corrected chi connectivity index (χ4v) is 1.55. The zero-order valence-electron chi connectivity index (χ0n) is 8.96. The predicted molar refractivity (Wildman–Crippen MR) is 54.8 cm³/mol. The number of hydrogen-bond acceptors (Lipinski definition) is 3. The van der Waals surface area contributed by atoms with Gasteiger partial charge in [0.2, 0.25) is 0 Å². The Morgan fingerprint density at radius 3 is 2.28 bits per heavy atom. The van der Waals surface area contributed by atoms with Gasteiger partial charge in [0.25, 0.3) is 0 Å². The molecule has 1 aromatic carbocycles. The van der Waals surface area contributed by atoms with Crippen molar-refractivity contribution in [3.05, 3.63) is 41.3 Å². The summed E-state index contributed by atoms with van der Waals surface area (Å²) in [6, 6.07) is 4.83. The van der Waals surface area contributed by atoms with Crippen LogP contribution in [0.2, 0.25) is 0 Å². The van der Waals surface area contributed by atoms with Gasteiger partial charge in [-0.2, -0.15) is 13.2 Å². The third kappa shape index (κ3) is 2.21. The molecule has 2 N–H and O–H groups in total. The van der Waals surface area contributed by atoms with Crippen molar-refractivity contribution in [3.63, 3.8) is 0 Å². The van der Waals surface area contributed by atoms with Gasteiger partial charge in [0, 0.05) is 17.7 Å². The Labute approximate surface area is 99.2 Å². The SMILES string of the molecule is NCc1c(C(F)(F)F)noc1-c1ccc(F)cc1. The number of nitrogens with zero attached hydrogens (tertiary/aromatic N) is 1. The summed E-state index contributed by atoms with van der Waals surface area (Å²) < 4.78 is 55.2. The highest BCUT2D eigenvalue weighted by Crippen LogP contribution is 2.36. The minimum atomic E-state index is -4.63. The molecule has 0 radical (unpaired) electrons. The highest BCUT2D eigenvalue weighted by atomic mass is 19.4. The predicted octanol–water partition coefficient (Wildman–Crippen LogP) is 2.96. The van der Waals surface area contributed by atoms with Gasteiger partial charge in [-0.3, -0.25) is 0 Å². The summed E-state index contributed by atoms with van der Waals surface area (Å²) in [6.07, 6.45) is -4.63. The molecule has 2 rings (SSSR count). The van der Waals surface area contributed by atoms with Crippen molar-refractivity contribution in [1.82, 2.24) is 5.16 Å². The normalized spacial score (nSPS) is 11.8. The van der Waals surface area contributed by atoms with E-state index in [0.717, 1.165) is 12.1 Å². The highest BCUT2D eigenvalue weighted by molar-refractivity contribution is 5.62. The second kappa shape index (κ2) is 4.41. The lowest BCUT2D eigenvalue weighted by Gasteiger charge is -2.04. The zero-order chi connectivity index (χ0) is 13.3. The van der Waals surface area contributed by atoms with Crippen LogP contribution in [0.4, 0.5) is 17.6 Å². The fraction of sp³-hybridized carbons (Fsp3) is 0.182. The number of aromatic nitrogens is 1. The Bertz CT molecular complexity index is 545. The molecule has 96 valence electrons. The summed E-state index contributed by atoms with van der Waals surface area (Å²) in [7, 11) is 0. The number of hydrogen-bond donors (Lipinski definition) is 1. The first-order valence-corrected chi connectivity index (χ1v) is 4.95. The first-order chi connectivity index (χ1) is 8.43. The van der Waals surface area contributed by atoms with Gasteiger partial charge in [-0.25, -0.2) is 4.39 Å². The van der Waals surface area contributed by atoms with Crippen LogP contribution in [0.5, 0.6) is 0 Å². The molecule has 7 heteroatoms. The summed E-state index contributed by atoms with van der Waals surface area (Å²) in [5.41, 5.74) is 4.19. The summed E-state index contributed by atoms with van der Waals surface area (Å²) >= 11 is 0. The van der Waals surface area contributed by atoms with Crippen LogP contribution in [0, 0.1) is 5.82 Å². The molecular weight excluding hydrogens is 252 g/mol. The van der Waals surface area contributed by atoms with E-state index in [1.165, 1.54) is 12.1 Å². The Kier molecular flexibility index (Phi) is 3.08.